The Balaban J connectivity index is 1.46. The number of morpholine rings is 1. The van der Waals surface area contributed by atoms with Gasteiger partial charge >= 0.3 is 0 Å². The van der Waals surface area contributed by atoms with Crippen molar-refractivity contribution in [1.29, 1.82) is 0 Å². The minimum atomic E-state index is -0.181. The number of carbonyl (C=O) groups is 1. The maximum Gasteiger partial charge on any atom is 0.253 e. The van der Waals surface area contributed by atoms with Crippen molar-refractivity contribution in [1.82, 2.24) is 20.3 Å². The van der Waals surface area contributed by atoms with Gasteiger partial charge in [-0.15, -0.1) is 0 Å². The second kappa shape index (κ2) is 14.5. The maximum atomic E-state index is 13.8. The number of aryl methyl sites for hydroxylation is 2. The zero-order valence-corrected chi connectivity index (χ0v) is 26.9. The molecule has 2 aromatic carbocycles. The molecule has 2 aliphatic rings. The van der Waals surface area contributed by atoms with Gasteiger partial charge in [0.05, 0.1) is 20.3 Å². The summed E-state index contributed by atoms with van der Waals surface area (Å²) in [6.07, 6.45) is 1.97. The van der Waals surface area contributed by atoms with Gasteiger partial charge in [-0.3, -0.25) is 14.5 Å². The van der Waals surface area contributed by atoms with Crippen molar-refractivity contribution in [2.45, 2.75) is 59.7 Å². The van der Waals surface area contributed by atoms with Crippen LogP contribution < -0.4 is 15.8 Å². The Morgan fingerprint density at radius 1 is 1.02 bits per heavy atom. The van der Waals surface area contributed by atoms with E-state index in [0.717, 1.165) is 99.0 Å². The van der Waals surface area contributed by atoms with Crippen molar-refractivity contribution >= 4 is 11.6 Å². The lowest BCUT2D eigenvalue weighted by Gasteiger charge is -2.39. The van der Waals surface area contributed by atoms with Gasteiger partial charge in [0.2, 0.25) is 0 Å². The van der Waals surface area contributed by atoms with Gasteiger partial charge in [-0.05, 0) is 86.6 Å². The van der Waals surface area contributed by atoms with Crippen molar-refractivity contribution < 1.29 is 14.4 Å². The van der Waals surface area contributed by atoms with Gasteiger partial charge in [0.15, 0.2) is 0 Å². The molecule has 3 heterocycles. The third kappa shape index (κ3) is 7.41. The molecule has 3 aromatic rings. The van der Waals surface area contributed by atoms with Gasteiger partial charge in [0.25, 0.3) is 11.5 Å². The molecule has 9 heteroatoms. The predicted molar refractivity (Wildman–Crippen MR) is 175 cm³/mol. The molecule has 0 atom stereocenters. The number of piperidine rings is 1. The Morgan fingerprint density at radius 2 is 1.73 bits per heavy atom. The van der Waals surface area contributed by atoms with E-state index in [1.54, 1.807) is 7.11 Å². The number of hydroxylamine groups is 2. The van der Waals surface area contributed by atoms with Crippen LogP contribution in [0.5, 0.6) is 0 Å². The summed E-state index contributed by atoms with van der Waals surface area (Å²) >= 11 is 0. The summed E-state index contributed by atoms with van der Waals surface area (Å²) in [4.78, 5) is 39.7. The molecule has 2 aliphatic heterocycles. The SMILES string of the molecule is CCN(c1cc(-c2ccc(CN3CCOCC3)cc2)cc(C(=O)NCc2c(C)cc(C)[nH]c2=O)c1C)C1CCN(OC)CC1. The van der Waals surface area contributed by atoms with E-state index in [2.05, 4.69) is 57.4 Å². The highest BCUT2D eigenvalue weighted by Crippen LogP contribution is 2.34. The molecule has 1 amide bonds. The molecule has 0 saturated carbocycles. The molecule has 2 saturated heterocycles. The van der Waals surface area contributed by atoms with E-state index in [0.29, 0.717) is 17.2 Å². The fraction of sp³-hybridized carbons (Fsp3) is 0.486. The minimum Gasteiger partial charge on any atom is -0.379 e. The van der Waals surface area contributed by atoms with E-state index < -0.39 is 0 Å². The highest BCUT2D eigenvalue weighted by molar-refractivity contribution is 5.99. The molecular formula is C35H47N5O4. The number of ether oxygens (including phenoxy) is 1. The van der Waals surface area contributed by atoms with Crippen molar-refractivity contribution in [2.24, 2.45) is 0 Å². The van der Waals surface area contributed by atoms with Crippen LogP contribution >= 0.6 is 0 Å². The van der Waals surface area contributed by atoms with Crippen LogP contribution in [0.4, 0.5) is 5.69 Å². The summed E-state index contributed by atoms with van der Waals surface area (Å²) in [6.45, 7) is 15.1. The fourth-order valence-corrected chi connectivity index (χ4v) is 6.55. The molecule has 0 aliphatic carbocycles. The highest BCUT2D eigenvalue weighted by atomic mass is 16.7. The van der Waals surface area contributed by atoms with Crippen LogP contribution in [0, 0.1) is 20.8 Å². The number of anilines is 1. The summed E-state index contributed by atoms with van der Waals surface area (Å²) in [6, 6.07) is 15.2. The Morgan fingerprint density at radius 3 is 2.36 bits per heavy atom. The van der Waals surface area contributed by atoms with Crippen molar-refractivity contribution in [3.63, 3.8) is 0 Å². The summed E-state index contributed by atoms with van der Waals surface area (Å²) in [5, 5.41) is 5.06. The molecule has 44 heavy (non-hydrogen) atoms. The van der Waals surface area contributed by atoms with E-state index in [1.165, 1.54) is 5.56 Å². The lowest BCUT2D eigenvalue weighted by molar-refractivity contribution is -0.143. The van der Waals surface area contributed by atoms with Gasteiger partial charge in [-0.2, -0.15) is 5.06 Å². The minimum absolute atomic E-state index is 0.161. The Bertz CT molecular complexity index is 1490. The maximum absolute atomic E-state index is 13.8. The molecule has 2 N–H and O–H groups in total. The standard InChI is InChI=1S/C35H47N5O4/c1-6-40(30-11-13-39(43-5)14-12-30)33-21-29(28-9-7-27(8-10-28)23-38-15-17-44-18-16-38)20-31(26(33)4)34(41)36-22-32-24(2)19-25(3)37-35(32)42/h7-10,19-21,30H,6,11-18,22-23H2,1-5H3,(H,36,41)(H,37,42). The van der Waals surface area contributed by atoms with Gasteiger partial charge < -0.3 is 24.8 Å². The number of hydrogen-bond acceptors (Lipinski definition) is 7. The number of carbonyl (C=O) groups excluding carboxylic acids is 1. The first kappa shape index (κ1) is 31.9. The summed E-state index contributed by atoms with van der Waals surface area (Å²) in [5.41, 5.74) is 8.09. The molecule has 0 spiro atoms. The van der Waals surface area contributed by atoms with E-state index in [4.69, 9.17) is 9.57 Å². The van der Waals surface area contributed by atoms with Crippen LogP contribution in [-0.4, -0.2) is 79.9 Å². The summed E-state index contributed by atoms with van der Waals surface area (Å²) in [7, 11) is 1.73. The van der Waals surface area contributed by atoms with Gasteiger partial charge in [-0.25, -0.2) is 0 Å². The summed E-state index contributed by atoms with van der Waals surface area (Å²) in [5.74, 6) is -0.181. The molecule has 9 nitrogen and oxygen atoms in total. The number of nitrogens with zero attached hydrogens (tertiary/aromatic N) is 3. The van der Waals surface area contributed by atoms with E-state index in [9.17, 15) is 9.59 Å². The molecule has 1 aromatic heterocycles. The Labute approximate surface area is 261 Å². The van der Waals surface area contributed by atoms with E-state index in [-0.39, 0.29) is 18.0 Å². The fourth-order valence-electron chi connectivity index (χ4n) is 6.55. The number of hydrogen-bond donors (Lipinski definition) is 2. The predicted octanol–water partition coefficient (Wildman–Crippen LogP) is 4.58. The molecule has 0 radical (unpaired) electrons. The van der Waals surface area contributed by atoms with Gasteiger partial charge in [0.1, 0.15) is 0 Å². The topological polar surface area (TPSA) is 90.1 Å². The second-order valence-electron chi connectivity index (χ2n) is 12.0. The molecule has 5 rings (SSSR count). The molecular weight excluding hydrogens is 554 g/mol. The third-order valence-electron chi connectivity index (χ3n) is 9.11. The van der Waals surface area contributed by atoms with Crippen LogP contribution in [0.2, 0.25) is 0 Å². The smallest absolute Gasteiger partial charge is 0.253 e. The number of nitrogens with one attached hydrogen (secondary N) is 2. The highest BCUT2D eigenvalue weighted by Gasteiger charge is 2.27. The Hall–Kier alpha value is -3.50. The number of rotatable bonds is 10. The van der Waals surface area contributed by atoms with Crippen molar-refractivity contribution in [3.8, 4) is 11.1 Å². The number of benzene rings is 2. The number of aromatic amines is 1. The van der Waals surface area contributed by atoms with Crippen molar-refractivity contribution in [2.75, 3.05) is 57.9 Å². The summed E-state index contributed by atoms with van der Waals surface area (Å²) < 4.78 is 5.50. The zero-order chi connectivity index (χ0) is 31.2. The van der Waals surface area contributed by atoms with Crippen molar-refractivity contribution in [3.05, 3.63) is 86.3 Å². The van der Waals surface area contributed by atoms with Gasteiger partial charge in [0, 0.05) is 74.4 Å². The average molecular weight is 602 g/mol. The van der Waals surface area contributed by atoms with E-state index >= 15 is 0 Å². The van der Waals surface area contributed by atoms with Gasteiger partial charge in [-0.1, -0.05) is 24.3 Å². The monoisotopic (exact) mass is 601 g/mol. The molecule has 2 fully saturated rings. The Kier molecular flexibility index (Phi) is 10.5. The first-order valence-corrected chi connectivity index (χ1v) is 15.8. The first-order valence-electron chi connectivity index (χ1n) is 15.8. The lowest BCUT2D eigenvalue weighted by atomic mass is 9.94. The van der Waals surface area contributed by atoms with Crippen LogP contribution in [0.25, 0.3) is 11.1 Å². The molecule has 236 valence electrons. The first-order chi connectivity index (χ1) is 21.3. The average Bonchev–Trinajstić information content (AvgIpc) is 3.03. The van der Waals surface area contributed by atoms with Crippen LogP contribution in [0.15, 0.2) is 47.3 Å². The third-order valence-corrected chi connectivity index (χ3v) is 9.11. The molecule has 0 unspecified atom stereocenters. The lowest BCUT2D eigenvalue weighted by Crippen LogP contribution is -2.45. The van der Waals surface area contributed by atoms with Crippen LogP contribution in [0.3, 0.4) is 0 Å². The number of pyridine rings is 1. The zero-order valence-electron chi connectivity index (χ0n) is 26.9. The largest absolute Gasteiger partial charge is 0.379 e. The number of amides is 1. The number of aromatic nitrogens is 1. The molecule has 0 bridgehead atoms. The number of H-pyrrole nitrogens is 1. The van der Waals surface area contributed by atoms with E-state index in [1.807, 2.05) is 38.0 Å². The quantitative estimate of drug-likeness (QED) is 0.352. The van der Waals surface area contributed by atoms with Crippen LogP contribution in [-0.2, 0) is 22.7 Å². The second-order valence-corrected chi connectivity index (χ2v) is 12.0. The normalized spacial score (nSPS) is 16.7. The van der Waals surface area contributed by atoms with Crippen LogP contribution in [0.1, 0.15) is 58.1 Å².